The van der Waals surface area contributed by atoms with Crippen molar-refractivity contribution in [3.8, 4) is 11.4 Å². The Morgan fingerprint density at radius 1 is 0.947 bits per heavy atom. The van der Waals surface area contributed by atoms with Gasteiger partial charge in [-0.3, -0.25) is 0 Å². The van der Waals surface area contributed by atoms with E-state index in [0.29, 0.717) is 21.5 Å². The Labute approximate surface area is 121 Å². The van der Waals surface area contributed by atoms with Gasteiger partial charge in [-0.15, -0.1) is 0 Å². The first-order valence-corrected chi connectivity index (χ1v) is 6.59. The zero-order valence-electron chi connectivity index (χ0n) is 10.2. The monoisotopic (exact) mass is 288 g/mol. The lowest BCUT2D eigenvalue weighted by molar-refractivity contribution is 1.22. The maximum atomic E-state index is 6.25. The predicted octanol–water partition coefficient (Wildman–Crippen LogP) is 4.91. The first kappa shape index (κ1) is 12.4. The SMILES string of the molecule is Cc1cc(Cl)c2nc(-c3ccccc3)nc(Cl)c2c1. The van der Waals surface area contributed by atoms with Crippen molar-refractivity contribution in [2.75, 3.05) is 0 Å². The molecule has 0 fully saturated rings. The molecule has 0 aliphatic heterocycles. The third kappa shape index (κ3) is 2.29. The summed E-state index contributed by atoms with van der Waals surface area (Å²) in [6.07, 6.45) is 0. The molecule has 0 saturated heterocycles. The smallest absolute Gasteiger partial charge is 0.161 e. The molecule has 2 nitrogen and oxygen atoms in total. The fraction of sp³-hybridized carbons (Fsp3) is 0.0667. The standard InChI is InChI=1S/C15H10Cl2N2/c1-9-7-11-13(12(16)8-9)18-15(19-14(11)17)10-5-3-2-4-6-10/h2-8H,1H3. The lowest BCUT2D eigenvalue weighted by Crippen LogP contribution is -1.93. The van der Waals surface area contributed by atoms with Crippen LogP contribution in [0.5, 0.6) is 0 Å². The van der Waals surface area contributed by atoms with E-state index in [1.807, 2.05) is 49.4 Å². The van der Waals surface area contributed by atoms with Crippen LogP contribution in [0.25, 0.3) is 22.3 Å². The highest BCUT2D eigenvalue weighted by molar-refractivity contribution is 6.38. The van der Waals surface area contributed by atoms with Crippen molar-refractivity contribution < 1.29 is 0 Å². The maximum absolute atomic E-state index is 6.25. The number of nitrogens with zero attached hydrogens (tertiary/aromatic N) is 2. The molecule has 4 heteroatoms. The molecular weight excluding hydrogens is 279 g/mol. The molecule has 0 saturated carbocycles. The van der Waals surface area contributed by atoms with E-state index in [4.69, 9.17) is 23.2 Å². The minimum Gasteiger partial charge on any atom is -0.226 e. The van der Waals surface area contributed by atoms with Gasteiger partial charge in [0, 0.05) is 10.9 Å². The Balaban J connectivity index is 2.31. The van der Waals surface area contributed by atoms with Gasteiger partial charge in [-0.05, 0) is 24.6 Å². The molecule has 0 bridgehead atoms. The highest BCUT2D eigenvalue weighted by Crippen LogP contribution is 2.30. The van der Waals surface area contributed by atoms with Gasteiger partial charge in [0.05, 0.1) is 10.5 Å². The molecule has 3 rings (SSSR count). The summed E-state index contributed by atoms with van der Waals surface area (Å²) in [5.41, 5.74) is 2.64. The number of rotatable bonds is 1. The summed E-state index contributed by atoms with van der Waals surface area (Å²) in [5.74, 6) is 0.587. The summed E-state index contributed by atoms with van der Waals surface area (Å²) >= 11 is 12.5. The van der Waals surface area contributed by atoms with Gasteiger partial charge in [-0.1, -0.05) is 53.5 Å². The summed E-state index contributed by atoms with van der Waals surface area (Å²) in [5, 5.41) is 1.80. The van der Waals surface area contributed by atoms with Crippen LogP contribution in [0.15, 0.2) is 42.5 Å². The van der Waals surface area contributed by atoms with Gasteiger partial charge in [0.1, 0.15) is 5.15 Å². The largest absolute Gasteiger partial charge is 0.226 e. The minimum atomic E-state index is 0.425. The van der Waals surface area contributed by atoms with Crippen LogP contribution in [0.1, 0.15) is 5.56 Å². The van der Waals surface area contributed by atoms with Crippen molar-refractivity contribution >= 4 is 34.1 Å². The van der Waals surface area contributed by atoms with E-state index in [1.165, 1.54) is 0 Å². The molecule has 2 aromatic carbocycles. The number of hydrogen-bond acceptors (Lipinski definition) is 2. The molecule has 0 spiro atoms. The highest BCUT2D eigenvalue weighted by atomic mass is 35.5. The molecule has 0 amide bonds. The lowest BCUT2D eigenvalue weighted by Gasteiger charge is -2.07. The molecule has 0 aliphatic rings. The number of aryl methyl sites for hydroxylation is 1. The zero-order valence-corrected chi connectivity index (χ0v) is 11.7. The molecule has 3 aromatic rings. The van der Waals surface area contributed by atoms with Crippen LogP contribution >= 0.6 is 23.2 Å². The van der Waals surface area contributed by atoms with Crippen LogP contribution in [0.4, 0.5) is 0 Å². The molecule has 0 unspecified atom stereocenters. The van der Waals surface area contributed by atoms with Gasteiger partial charge in [0.25, 0.3) is 0 Å². The lowest BCUT2D eigenvalue weighted by atomic mass is 10.1. The Kier molecular flexibility index (Phi) is 3.13. The number of aromatic nitrogens is 2. The maximum Gasteiger partial charge on any atom is 0.161 e. The van der Waals surface area contributed by atoms with Gasteiger partial charge < -0.3 is 0 Å². The van der Waals surface area contributed by atoms with Gasteiger partial charge in [0.2, 0.25) is 0 Å². The Morgan fingerprint density at radius 3 is 2.42 bits per heavy atom. The number of benzene rings is 2. The number of fused-ring (bicyclic) bond motifs is 1. The average Bonchev–Trinajstić information content (AvgIpc) is 2.41. The zero-order chi connectivity index (χ0) is 13.4. The average molecular weight is 289 g/mol. The molecule has 0 atom stereocenters. The van der Waals surface area contributed by atoms with Gasteiger partial charge >= 0.3 is 0 Å². The molecule has 94 valence electrons. The van der Waals surface area contributed by atoms with Crippen LogP contribution in [-0.2, 0) is 0 Å². The van der Waals surface area contributed by atoms with Crippen molar-refractivity contribution in [1.82, 2.24) is 9.97 Å². The van der Waals surface area contributed by atoms with Crippen LogP contribution in [0.3, 0.4) is 0 Å². The molecule has 0 aliphatic carbocycles. The van der Waals surface area contributed by atoms with E-state index in [-0.39, 0.29) is 0 Å². The molecule has 1 heterocycles. The van der Waals surface area contributed by atoms with E-state index in [9.17, 15) is 0 Å². The second-order valence-electron chi connectivity index (χ2n) is 4.35. The summed E-state index contributed by atoms with van der Waals surface area (Å²) in [4.78, 5) is 8.87. The quantitative estimate of drug-likeness (QED) is 0.595. The van der Waals surface area contributed by atoms with Crippen LogP contribution in [-0.4, -0.2) is 9.97 Å². The number of halogens is 2. The normalized spacial score (nSPS) is 10.9. The number of hydrogen-bond donors (Lipinski definition) is 0. The Bertz CT molecular complexity index is 755. The third-order valence-corrected chi connectivity index (χ3v) is 3.46. The fourth-order valence-corrected chi connectivity index (χ4v) is 2.55. The van der Waals surface area contributed by atoms with Gasteiger partial charge in [-0.2, -0.15) is 0 Å². The van der Waals surface area contributed by atoms with Gasteiger partial charge in [0.15, 0.2) is 5.82 Å². The second kappa shape index (κ2) is 4.80. The topological polar surface area (TPSA) is 25.8 Å². The first-order chi connectivity index (χ1) is 9.15. The Morgan fingerprint density at radius 2 is 1.68 bits per heavy atom. The van der Waals surface area contributed by atoms with Crippen LogP contribution < -0.4 is 0 Å². The van der Waals surface area contributed by atoms with Gasteiger partial charge in [-0.25, -0.2) is 9.97 Å². The summed E-state index contributed by atoms with van der Waals surface area (Å²) < 4.78 is 0. The molecule has 1 aromatic heterocycles. The summed E-state index contributed by atoms with van der Waals surface area (Å²) in [6, 6.07) is 13.5. The summed E-state index contributed by atoms with van der Waals surface area (Å²) in [6.45, 7) is 1.97. The molecule has 19 heavy (non-hydrogen) atoms. The van der Waals surface area contributed by atoms with Crippen molar-refractivity contribution in [3.63, 3.8) is 0 Å². The van der Waals surface area contributed by atoms with Crippen LogP contribution in [0, 0.1) is 6.92 Å². The fourth-order valence-electron chi connectivity index (χ4n) is 2.01. The molecule has 0 N–H and O–H groups in total. The van der Waals surface area contributed by atoms with E-state index in [0.717, 1.165) is 16.5 Å². The highest BCUT2D eigenvalue weighted by Gasteiger charge is 2.10. The van der Waals surface area contributed by atoms with Crippen LogP contribution in [0.2, 0.25) is 10.2 Å². The van der Waals surface area contributed by atoms with E-state index < -0.39 is 0 Å². The molecular formula is C15H10Cl2N2. The summed E-state index contributed by atoms with van der Waals surface area (Å²) in [7, 11) is 0. The Hall–Kier alpha value is -1.64. The van der Waals surface area contributed by atoms with E-state index >= 15 is 0 Å². The predicted molar refractivity (Wildman–Crippen MR) is 79.7 cm³/mol. The third-order valence-electron chi connectivity index (χ3n) is 2.88. The minimum absolute atomic E-state index is 0.425. The van der Waals surface area contributed by atoms with Crippen molar-refractivity contribution in [1.29, 1.82) is 0 Å². The second-order valence-corrected chi connectivity index (χ2v) is 5.11. The first-order valence-electron chi connectivity index (χ1n) is 5.84. The van der Waals surface area contributed by atoms with Crippen molar-refractivity contribution in [2.24, 2.45) is 0 Å². The van der Waals surface area contributed by atoms with Crippen molar-refractivity contribution in [3.05, 3.63) is 58.2 Å². The molecule has 0 radical (unpaired) electrons. The van der Waals surface area contributed by atoms with E-state index in [2.05, 4.69) is 9.97 Å². The van der Waals surface area contributed by atoms with Crippen molar-refractivity contribution in [2.45, 2.75) is 6.92 Å². The van der Waals surface area contributed by atoms with E-state index in [1.54, 1.807) is 0 Å².